The number of nitrogens with zero attached hydrogens (tertiary/aromatic N) is 3. The molecule has 1 unspecified atom stereocenters. The molecule has 186 valence electrons. The molecule has 3 aliphatic rings. The van der Waals surface area contributed by atoms with Crippen LogP contribution in [0.15, 0.2) is 16.8 Å². The Morgan fingerprint density at radius 1 is 1.34 bits per heavy atom. The van der Waals surface area contributed by atoms with E-state index in [9.17, 15) is 24.0 Å². The molecular weight excluding hydrogens is 506 g/mol. The Labute approximate surface area is 204 Å². The van der Waals surface area contributed by atoms with Gasteiger partial charge in [0.25, 0.3) is 11.8 Å². The quantitative estimate of drug-likeness (QED) is 0.175. The van der Waals surface area contributed by atoms with Gasteiger partial charge in [-0.15, -0.1) is 23.1 Å². The minimum Gasteiger partial charge on any atom is -0.461 e. The molecule has 4 rings (SSSR count). The second kappa shape index (κ2) is 9.41. The van der Waals surface area contributed by atoms with Crippen molar-refractivity contribution in [2.24, 2.45) is 0 Å². The van der Waals surface area contributed by atoms with E-state index in [0.29, 0.717) is 0 Å². The Morgan fingerprint density at radius 2 is 2.09 bits per heavy atom. The molecule has 3 aliphatic heterocycles. The first-order chi connectivity index (χ1) is 16.6. The number of amides is 4. The average Bonchev–Trinajstić information content (AvgIpc) is 3.42. The molecule has 0 aliphatic carbocycles. The lowest BCUT2D eigenvalue weighted by molar-refractivity contribution is -0.170. The summed E-state index contributed by atoms with van der Waals surface area (Å²) in [6.07, 6.45) is -1.69. The van der Waals surface area contributed by atoms with E-state index < -0.39 is 47.1 Å². The number of carboxylic acid groups (broad SMARTS) is 1. The fourth-order valence-corrected chi connectivity index (χ4v) is 5.60. The predicted molar refractivity (Wildman–Crippen MR) is 118 cm³/mol. The zero-order valence-electron chi connectivity index (χ0n) is 18.0. The van der Waals surface area contributed by atoms with Crippen molar-refractivity contribution in [2.45, 2.75) is 18.3 Å². The van der Waals surface area contributed by atoms with Crippen molar-refractivity contribution in [1.82, 2.24) is 25.2 Å². The molecule has 4 heterocycles. The van der Waals surface area contributed by atoms with Crippen LogP contribution in [-0.4, -0.2) is 97.6 Å². The number of hydrogen-bond acceptors (Lipinski definition) is 11. The lowest BCUT2D eigenvalue weighted by Gasteiger charge is -2.53. The van der Waals surface area contributed by atoms with Gasteiger partial charge in [-0.05, 0) is 0 Å². The molecule has 0 bridgehead atoms. The van der Waals surface area contributed by atoms with Crippen molar-refractivity contribution >= 4 is 58.8 Å². The fraction of sp³-hybridized carbons (Fsp3) is 0.389. The van der Waals surface area contributed by atoms with E-state index in [1.165, 1.54) is 12.3 Å². The summed E-state index contributed by atoms with van der Waals surface area (Å²) in [4.78, 5) is 65.2. The SMILES string of the molecule is CC(=O)OCC1=C(OC(=O)O)N2C(=O)C(N(C(=O)C(=N)c3csc(=N)[nH]3)N3CCNC3=O)[C@@H]2SC1. The normalized spacial score (nSPS) is 21.2. The first-order valence-electron chi connectivity index (χ1n) is 10.0. The Bertz CT molecular complexity index is 1220. The van der Waals surface area contributed by atoms with Gasteiger partial charge in [0.2, 0.25) is 5.88 Å². The van der Waals surface area contributed by atoms with Gasteiger partial charge in [0.15, 0.2) is 10.8 Å². The van der Waals surface area contributed by atoms with Crippen molar-refractivity contribution in [3.05, 3.63) is 27.3 Å². The fourth-order valence-electron chi connectivity index (χ4n) is 3.67. The van der Waals surface area contributed by atoms with Crippen LogP contribution < -0.4 is 10.1 Å². The standard InChI is InChI=1S/C18H19N7O8S2/c1-7(26)32-4-8-5-34-15-11(13(28)24(15)14(8)33-18(30)31)25(23-3-2-21-17(23)29)12(27)10(19)9-6-35-16(20)22-9/h6,11,15,19H,2-5H2,1H3,(H2,20,22)(H,21,29)(H,30,31)/t11?,15-/m0/s1. The van der Waals surface area contributed by atoms with Crippen LogP contribution in [0.4, 0.5) is 9.59 Å². The highest BCUT2D eigenvalue weighted by molar-refractivity contribution is 8.00. The molecule has 0 aromatic carbocycles. The zero-order valence-corrected chi connectivity index (χ0v) is 19.7. The number of nitrogens with one attached hydrogen (secondary N) is 4. The number of aromatic nitrogens is 1. The number of ether oxygens (including phenoxy) is 2. The highest BCUT2D eigenvalue weighted by atomic mass is 32.2. The minimum atomic E-state index is -1.69. The molecule has 2 saturated heterocycles. The number of esters is 1. The van der Waals surface area contributed by atoms with Gasteiger partial charge in [-0.2, -0.15) is 0 Å². The van der Waals surface area contributed by atoms with Crippen LogP contribution in [0, 0.1) is 10.8 Å². The minimum absolute atomic E-state index is 0.0117. The lowest BCUT2D eigenvalue weighted by atomic mass is 10.0. The Morgan fingerprint density at radius 3 is 2.66 bits per heavy atom. The number of urea groups is 1. The summed E-state index contributed by atoms with van der Waals surface area (Å²) in [5, 5.41) is 30.1. The van der Waals surface area contributed by atoms with Gasteiger partial charge in [-0.1, -0.05) is 0 Å². The number of thiazole rings is 1. The maximum atomic E-state index is 13.4. The van der Waals surface area contributed by atoms with Crippen molar-refractivity contribution in [2.75, 3.05) is 25.4 Å². The Kier molecular flexibility index (Phi) is 6.53. The summed E-state index contributed by atoms with van der Waals surface area (Å²) >= 11 is 2.12. The molecule has 1 aromatic rings. The number of aromatic amines is 1. The van der Waals surface area contributed by atoms with Crippen molar-refractivity contribution < 1.29 is 38.6 Å². The summed E-state index contributed by atoms with van der Waals surface area (Å²) in [7, 11) is 0. The van der Waals surface area contributed by atoms with Gasteiger partial charge in [0.1, 0.15) is 17.7 Å². The average molecular weight is 526 g/mol. The number of fused-ring (bicyclic) bond motifs is 1. The number of carbonyl (C=O) groups excluding carboxylic acids is 4. The molecule has 17 heteroatoms. The Balaban J connectivity index is 1.66. The van der Waals surface area contributed by atoms with Gasteiger partial charge in [-0.25, -0.2) is 19.6 Å². The molecule has 15 nitrogen and oxygen atoms in total. The third kappa shape index (κ3) is 4.46. The summed E-state index contributed by atoms with van der Waals surface area (Å²) in [5.41, 5.74) is -0.261. The molecule has 0 radical (unpaired) electrons. The first-order valence-corrected chi connectivity index (χ1v) is 11.9. The van der Waals surface area contributed by atoms with Crippen molar-refractivity contribution in [1.29, 1.82) is 10.8 Å². The highest BCUT2D eigenvalue weighted by Crippen LogP contribution is 2.43. The number of β-lactam (4-membered cyclic amide) rings is 1. The maximum Gasteiger partial charge on any atom is 0.512 e. The molecule has 35 heavy (non-hydrogen) atoms. The molecule has 0 saturated carbocycles. The number of H-pyrrole nitrogens is 1. The third-order valence-corrected chi connectivity index (χ3v) is 7.21. The topological polar surface area (TPSA) is 209 Å². The Hall–Kier alpha value is -3.86. The molecular formula is C18H19N7O8S2. The van der Waals surface area contributed by atoms with Crippen LogP contribution in [-0.2, 0) is 23.9 Å². The van der Waals surface area contributed by atoms with Gasteiger partial charge in [0, 0.05) is 30.2 Å². The largest absolute Gasteiger partial charge is 0.512 e. The van der Waals surface area contributed by atoms with E-state index in [1.807, 2.05) is 0 Å². The molecule has 2 atom stereocenters. The first kappa shape index (κ1) is 24.3. The monoisotopic (exact) mass is 525 g/mol. The summed E-state index contributed by atoms with van der Waals surface area (Å²) < 4.78 is 9.76. The van der Waals surface area contributed by atoms with Crippen LogP contribution in [0.25, 0.3) is 0 Å². The molecule has 1 aromatic heterocycles. The van der Waals surface area contributed by atoms with Crippen molar-refractivity contribution in [3.8, 4) is 0 Å². The van der Waals surface area contributed by atoms with Crippen LogP contribution in [0.3, 0.4) is 0 Å². The zero-order chi connectivity index (χ0) is 25.4. The predicted octanol–water partition coefficient (Wildman–Crippen LogP) is -0.555. The smallest absolute Gasteiger partial charge is 0.461 e. The van der Waals surface area contributed by atoms with E-state index in [2.05, 4.69) is 10.3 Å². The van der Waals surface area contributed by atoms with Crippen LogP contribution in [0.1, 0.15) is 12.6 Å². The van der Waals surface area contributed by atoms with Crippen LogP contribution in [0.2, 0.25) is 0 Å². The highest BCUT2D eigenvalue weighted by Gasteiger charge is 2.59. The van der Waals surface area contributed by atoms with E-state index in [4.69, 9.17) is 25.4 Å². The van der Waals surface area contributed by atoms with Gasteiger partial charge < -0.3 is 24.9 Å². The molecule has 4 amide bonds. The van der Waals surface area contributed by atoms with Gasteiger partial charge in [0.05, 0.1) is 12.2 Å². The van der Waals surface area contributed by atoms with Gasteiger partial charge >= 0.3 is 18.2 Å². The second-order valence-corrected chi connectivity index (χ2v) is 9.38. The van der Waals surface area contributed by atoms with Crippen LogP contribution in [0.5, 0.6) is 0 Å². The molecule has 2 fully saturated rings. The molecule has 5 N–H and O–H groups in total. The lowest BCUT2D eigenvalue weighted by Crippen LogP contribution is -2.74. The summed E-state index contributed by atoms with van der Waals surface area (Å²) in [6, 6.07) is -1.88. The summed E-state index contributed by atoms with van der Waals surface area (Å²) in [5.74, 6) is -2.50. The summed E-state index contributed by atoms with van der Waals surface area (Å²) in [6.45, 7) is 1.15. The molecule has 0 spiro atoms. The second-order valence-electron chi connectivity index (χ2n) is 7.39. The number of rotatable bonds is 7. The van der Waals surface area contributed by atoms with Crippen molar-refractivity contribution in [3.63, 3.8) is 0 Å². The number of thioether (sulfide) groups is 1. The maximum absolute atomic E-state index is 13.4. The van der Waals surface area contributed by atoms with Crippen LogP contribution >= 0.6 is 23.1 Å². The van der Waals surface area contributed by atoms with E-state index in [-0.39, 0.29) is 47.4 Å². The van der Waals surface area contributed by atoms with E-state index >= 15 is 0 Å². The third-order valence-electron chi connectivity index (χ3n) is 5.19. The van der Waals surface area contributed by atoms with E-state index in [0.717, 1.165) is 38.0 Å². The van der Waals surface area contributed by atoms with E-state index in [1.54, 1.807) is 0 Å². The number of carbonyl (C=O) groups is 5. The number of hydrogen-bond donors (Lipinski definition) is 5. The van der Waals surface area contributed by atoms with Gasteiger partial charge in [-0.3, -0.25) is 30.1 Å². The number of hydrazine groups is 1.